The van der Waals surface area contributed by atoms with Gasteiger partial charge in [-0.1, -0.05) is 24.3 Å². The number of hydrogen-bond acceptors (Lipinski definition) is 4. The van der Waals surface area contributed by atoms with E-state index in [0.717, 1.165) is 16.8 Å². The van der Waals surface area contributed by atoms with E-state index >= 15 is 0 Å². The van der Waals surface area contributed by atoms with Crippen molar-refractivity contribution >= 4 is 17.2 Å². The third-order valence-corrected chi connectivity index (χ3v) is 3.88. The molecule has 7 heteroatoms. The average molecular weight is 347 g/mol. The number of anilines is 1. The van der Waals surface area contributed by atoms with Crippen LogP contribution in [0.4, 0.5) is 10.1 Å². The maximum atomic E-state index is 12.9. The van der Waals surface area contributed by atoms with E-state index in [4.69, 9.17) is 0 Å². The zero-order valence-corrected chi connectivity index (χ0v) is 13.6. The lowest BCUT2D eigenvalue weighted by atomic mass is 10.1. The minimum Gasteiger partial charge on any atom is -0.326 e. The Kier molecular flexibility index (Phi) is 4.10. The first kappa shape index (κ1) is 15.9. The van der Waals surface area contributed by atoms with Crippen LogP contribution in [0.1, 0.15) is 5.56 Å². The monoisotopic (exact) mass is 347 g/mol. The lowest BCUT2D eigenvalue weighted by Gasteiger charge is -2.08. The van der Waals surface area contributed by atoms with Crippen LogP contribution in [0, 0.1) is 5.82 Å². The van der Waals surface area contributed by atoms with Crippen molar-refractivity contribution in [1.29, 1.82) is 0 Å². The van der Waals surface area contributed by atoms with Crippen molar-refractivity contribution in [2.24, 2.45) is 0 Å². The Morgan fingerprint density at radius 2 is 1.92 bits per heavy atom. The summed E-state index contributed by atoms with van der Waals surface area (Å²) < 4.78 is 14.5. The SMILES string of the molecule is O=C(Cc1ccc(F)cc1)Nc1cccc(-c2ccc3nncn3n2)c1. The first-order valence-electron chi connectivity index (χ1n) is 7.99. The van der Waals surface area contributed by atoms with Crippen molar-refractivity contribution in [3.8, 4) is 11.3 Å². The highest BCUT2D eigenvalue weighted by Crippen LogP contribution is 2.21. The van der Waals surface area contributed by atoms with E-state index in [1.54, 1.807) is 16.6 Å². The summed E-state index contributed by atoms with van der Waals surface area (Å²) in [6.07, 6.45) is 1.71. The molecule has 0 spiro atoms. The number of benzene rings is 2. The fourth-order valence-electron chi connectivity index (χ4n) is 2.63. The number of carbonyl (C=O) groups excluding carboxylic acids is 1. The molecular formula is C19H14FN5O. The molecule has 0 saturated heterocycles. The first-order chi connectivity index (χ1) is 12.7. The molecule has 0 radical (unpaired) electrons. The second-order valence-electron chi connectivity index (χ2n) is 5.78. The van der Waals surface area contributed by atoms with Crippen LogP contribution in [0.3, 0.4) is 0 Å². The zero-order valence-electron chi connectivity index (χ0n) is 13.6. The zero-order chi connectivity index (χ0) is 17.9. The van der Waals surface area contributed by atoms with Gasteiger partial charge >= 0.3 is 0 Å². The highest BCUT2D eigenvalue weighted by atomic mass is 19.1. The number of nitrogens with one attached hydrogen (secondary N) is 1. The summed E-state index contributed by atoms with van der Waals surface area (Å²) in [7, 11) is 0. The van der Waals surface area contributed by atoms with Crippen LogP contribution in [0.25, 0.3) is 16.9 Å². The van der Waals surface area contributed by atoms with Gasteiger partial charge in [0.2, 0.25) is 5.91 Å². The molecule has 2 aromatic heterocycles. The van der Waals surface area contributed by atoms with Crippen LogP contribution in [0.2, 0.25) is 0 Å². The second-order valence-corrected chi connectivity index (χ2v) is 5.78. The molecule has 1 amide bonds. The number of carbonyl (C=O) groups is 1. The number of rotatable bonds is 4. The summed E-state index contributed by atoms with van der Waals surface area (Å²) in [5, 5.41) is 15.0. The number of aromatic nitrogens is 4. The Balaban J connectivity index is 1.51. The number of halogens is 1. The smallest absolute Gasteiger partial charge is 0.228 e. The summed E-state index contributed by atoms with van der Waals surface area (Å²) in [5.41, 5.74) is 3.68. The third-order valence-electron chi connectivity index (χ3n) is 3.88. The second kappa shape index (κ2) is 6.72. The lowest BCUT2D eigenvalue weighted by molar-refractivity contribution is -0.115. The Morgan fingerprint density at radius 3 is 2.77 bits per heavy atom. The predicted octanol–water partition coefficient (Wildman–Crippen LogP) is 3.11. The van der Waals surface area contributed by atoms with Gasteiger partial charge in [-0.25, -0.2) is 4.39 Å². The standard InChI is InChI=1S/C19H14FN5O/c20-15-6-4-13(5-7-15)10-19(26)22-16-3-1-2-14(11-16)17-8-9-18-23-21-12-25(18)24-17/h1-9,11-12H,10H2,(H,22,26). The van der Waals surface area contributed by atoms with Crippen LogP contribution in [0.5, 0.6) is 0 Å². The summed E-state index contributed by atoms with van der Waals surface area (Å²) in [5.74, 6) is -0.490. The molecule has 0 fully saturated rings. The number of fused-ring (bicyclic) bond motifs is 1. The van der Waals surface area contributed by atoms with Crippen molar-refractivity contribution in [2.75, 3.05) is 5.32 Å². The summed E-state index contributed by atoms with van der Waals surface area (Å²) in [4.78, 5) is 12.2. The minimum atomic E-state index is -0.320. The molecule has 2 aromatic carbocycles. The van der Waals surface area contributed by atoms with Crippen molar-refractivity contribution in [3.63, 3.8) is 0 Å². The van der Waals surface area contributed by atoms with Crippen LogP contribution in [-0.4, -0.2) is 25.7 Å². The van der Waals surface area contributed by atoms with Gasteiger partial charge in [0, 0.05) is 11.3 Å². The van der Waals surface area contributed by atoms with Crippen molar-refractivity contribution in [3.05, 3.63) is 78.4 Å². The van der Waals surface area contributed by atoms with E-state index in [9.17, 15) is 9.18 Å². The van der Waals surface area contributed by atoms with Gasteiger partial charge in [0.15, 0.2) is 5.65 Å². The van der Waals surface area contributed by atoms with E-state index in [0.29, 0.717) is 11.3 Å². The maximum absolute atomic E-state index is 12.9. The Morgan fingerprint density at radius 1 is 1.08 bits per heavy atom. The summed E-state index contributed by atoms with van der Waals surface area (Å²) in [6.45, 7) is 0. The van der Waals surface area contributed by atoms with Crippen molar-refractivity contribution in [1.82, 2.24) is 19.8 Å². The van der Waals surface area contributed by atoms with E-state index in [2.05, 4.69) is 20.6 Å². The molecule has 1 N–H and O–H groups in total. The number of hydrogen-bond donors (Lipinski definition) is 1. The normalized spacial score (nSPS) is 10.8. The lowest BCUT2D eigenvalue weighted by Crippen LogP contribution is -2.14. The van der Waals surface area contributed by atoms with E-state index in [1.165, 1.54) is 18.5 Å². The van der Waals surface area contributed by atoms with Crippen molar-refractivity contribution < 1.29 is 9.18 Å². The van der Waals surface area contributed by atoms with Gasteiger partial charge < -0.3 is 5.32 Å². The molecule has 0 aliphatic heterocycles. The third kappa shape index (κ3) is 3.41. The molecule has 26 heavy (non-hydrogen) atoms. The molecule has 128 valence electrons. The fourth-order valence-corrected chi connectivity index (χ4v) is 2.63. The van der Waals surface area contributed by atoms with E-state index in [1.807, 2.05) is 36.4 Å². The molecule has 0 aliphatic rings. The van der Waals surface area contributed by atoms with Gasteiger partial charge in [0.25, 0.3) is 0 Å². The molecular weight excluding hydrogens is 333 g/mol. The Bertz CT molecular complexity index is 1070. The van der Waals surface area contributed by atoms with Crippen LogP contribution < -0.4 is 5.32 Å². The van der Waals surface area contributed by atoms with Crippen LogP contribution >= 0.6 is 0 Å². The predicted molar refractivity (Wildman–Crippen MR) is 95.0 cm³/mol. The van der Waals surface area contributed by atoms with Gasteiger partial charge in [0.05, 0.1) is 12.1 Å². The minimum absolute atomic E-state index is 0.170. The van der Waals surface area contributed by atoms with Gasteiger partial charge in [-0.05, 0) is 42.0 Å². The topological polar surface area (TPSA) is 72.2 Å². The fraction of sp³-hybridized carbons (Fsp3) is 0.0526. The van der Waals surface area contributed by atoms with Crippen LogP contribution in [-0.2, 0) is 11.2 Å². The van der Waals surface area contributed by atoms with Crippen LogP contribution in [0.15, 0.2) is 67.0 Å². The Labute approximate surface area is 148 Å². The first-order valence-corrected chi connectivity index (χ1v) is 7.99. The summed E-state index contributed by atoms with van der Waals surface area (Å²) >= 11 is 0. The van der Waals surface area contributed by atoms with E-state index in [-0.39, 0.29) is 18.1 Å². The van der Waals surface area contributed by atoms with Gasteiger partial charge in [-0.15, -0.1) is 10.2 Å². The molecule has 6 nitrogen and oxygen atoms in total. The van der Waals surface area contributed by atoms with E-state index < -0.39 is 0 Å². The van der Waals surface area contributed by atoms with Gasteiger partial charge in [0.1, 0.15) is 12.1 Å². The largest absolute Gasteiger partial charge is 0.326 e. The quantitative estimate of drug-likeness (QED) is 0.616. The average Bonchev–Trinajstić information content (AvgIpc) is 3.11. The molecule has 0 saturated carbocycles. The highest BCUT2D eigenvalue weighted by molar-refractivity contribution is 5.92. The van der Waals surface area contributed by atoms with Gasteiger partial charge in [-0.3, -0.25) is 4.79 Å². The molecule has 4 rings (SSSR count). The molecule has 2 heterocycles. The van der Waals surface area contributed by atoms with Crippen molar-refractivity contribution in [2.45, 2.75) is 6.42 Å². The molecule has 0 atom stereocenters. The highest BCUT2D eigenvalue weighted by Gasteiger charge is 2.07. The molecule has 0 bridgehead atoms. The maximum Gasteiger partial charge on any atom is 0.228 e. The molecule has 0 unspecified atom stereocenters. The molecule has 0 aliphatic carbocycles. The summed E-state index contributed by atoms with van der Waals surface area (Å²) in [6, 6.07) is 17.0. The number of amides is 1. The van der Waals surface area contributed by atoms with Gasteiger partial charge in [-0.2, -0.15) is 9.61 Å². The molecule has 4 aromatic rings. The Hall–Kier alpha value is -3.61. The number of nitrogens with zero attached hydrogens (tertiary/aromatic N) is 4.